The molecule has 1 aromatic heterocycles. The van der Waals surface area contributed by atoms with Crippen LogP contribution in [0.4, 0.5) is 4.79 Å². The minimum atomic E-state index is -0.200. The van der Waals surface area contributed by atoms with Crippen LogP contribution >= 0.6 is 23.5 Å². The molecule has 0 saturated carbocycles. The van der Waals surface area contributed by atoms with Crippen molar-refractivity contribution >= 4 is 34.4 Å². The second-order valence-electron chi connectivity index (χ2n) is 6.80. The minimum absolute atomic E-state index is 0.200. The van der Waals surface area contributed by atoms with Gasteiger partial charge in [-0.05, 0) is 18.2 Å². The smallest absolute Gasteiger partial charge is 0.371 e. The van der Waals surface area contributed by atoms with Gasteiger partial charge in [0.15, 0.2) is 0 Å². The number of nitrogens with zero attached hydrogens (tertiary/aromatic N) is 3. The molecule has 1 atom stereocenters. The molecule has 1 aromatic rings. The summed E-state index contributed by atoms with van der Waals surface area (Å²) in [6, 6.07) is 0. The number of hydrogen-bond acceptors (Lipinski definition) is 7. The van der Waals surface area contributed by atoms with Crippen LogP contribution in [0.3, 0.4) is 0 Å². The van der Waals surface area contributed by atoms with Crippen LogP contribution in [-0.4, -0.2) is 57.8 Å². The van der Waals surface area contributed by atoms with Gasteiger partial charge in [0, 0.05) is 17.7 Å². The van der Waals surface area contributed by atoms with E-state index in [2.05, 4.69) is 28.8 Å². The molecule has 0 radical (unpaired) electrons. The Bertz CT molecular complexity index is 606. The van der Waals surface area contributed by atoms with Crippen molar-refractivity contribution in [3.8, 4) is 5.88 Å². The number of carbonyl (C=O) groups excluding carboxylic acids is 1. The maximum Gasteiger partial charge on any atom is 0.371 e. The fraction of sp³-hybridized carbons (Fsp3) is 0.722. The number of ether oxygens (including phenoxy) is 2. The van der Waals surface area contributed by atoms with Gasteiger partial charge in [0.2, 0.25) is 6.73 Å². The number of likely N-dealkylation sites (N-methyl/N-ethyl adjacent to an activating group) is 1. The average molecular weight is 401 g/mol. The van der Waals surface area contributed by atoms with E-state index in [1.807, 2.05) is 6.92 Å². The van der Waals surface area contributed by atoms with Crippen molar-refractivity contribution in [2.75, 3.05) is 39.2 Å². The predicted octanol–water partition coefficient (Wildman–Crippen LogP) is 4.58. The maximum absolute atomic E-state index is 11.7. The van der Waals surface area contributed by atoms with E-state index in [0.717, 1.165) is 43.0 Å². The van der Waals surface area contributed by atoms with Gasteiger partial charge in [-0.2, -0.15) is 4.37 Å². The molecule has 1 aliphatic heterocycles. The lowest BCUT2D eigenvalue weighted by Crippen LogP contribution is -2.49. The monoisotopic (exact) mass is 400 g/mol. The Hall–Kier alpha value is -1.12. The number of quaternary nitrogens is 1. The lowest BCUT2D eigenvalue weighted by Gasteiger charge is -2.36. The summed E-state index contributed by atoms with van der Waals surface area (Å²) in [5, 5.41) is -0.200. The molecule has 0 fully saturated rings. The Morgan fingerprint density at radius 1 is 1.31 bits per heavy atom. The molecular formula is C18H30N3O3S2+. The highest BCUT2D eigenvalue weighted by molar-refractivity contribution is 8.13. The summed E-state index contributed by atoms with van der Waals surface area (Å²) in [6.07, 6.45) is 7.82. The summed E-state index contributed by atoms with van der Waals surface area (Å²) in [6.45, 7) is 6.92. The van der Waals surface area contributed by atoms with Crippen molar-refractivity contribution < 1.29 is 18.8 Å². The third-order valence-corrected chi connectivity index (χ3v) is 5.52. The van der Waals surface area contributed by atoms with Crippen LogP contribution in [0.5, 0.6) is 5.88 Å². The van der Waals surface area contributed by atoms with E-state index in [1.165, 1.54) is 42.8 Å². The Morgan fingerprint density at radius 3 is 2.92 bits per heavy atom. The van der Waals surface area contributed by atoms with Crippen molar-refractivity contribution in [1.29, 1.82) is 0 Å². The molecule has 0 amide bonds. The fourth-order valence-electron chi connectivity index (χ4n) is 2.92. The van der Waals surface area contributed by atoms with Gasteiger partial charge in [-0.3, -0.25) is 4.48 Å². The Kier molecular flexibility index (Phi) is 8.87. The third-order valence-electron chi connectivity index (χ3n) is 4.37. The van der Waals surface area contributed by atoms with E-state index < -0.39 is 0 Å². The predicted molar refractivity (Wildman–Crippen MR) is 108 cm³/mol. The van der Waals surface area contributed by atoms with Gasteiger partial charge < -0.3 is 9.47 Å². The van der Waals surface area contributed by atoms with E-state index in [-0.39, 0.29) is 5.30 Å². The number of thioether (sulfide) groups is 1. The van der Waals surface area contributed by atoms with Crippen molar-refractivity contribution in [2.45, 2.75) is 46.0 Å². The van der Waals surface area contributed by atoms with Crippen molar-refractivity contribution in [1.82, 2.24) is 8.75 Å². The van der Waals surface area contributed by atoms with Crippen molar-refractivity contribution in [3.63, 3.8) is 0 Å². The first kappa shape index (κ1) is 21.2. The molecule has 0 aromatic carbocycles. The quantitative estimate of drug-likeness (QED) is 0.325. The highest BCUT2D eigenvalue weighted by Crippen LogP contribution is 2.30. The van der Waals surface area contributed by atoms with Crippen molar-refractivity contribution in [3.05, 3.63) is 11.8 Å². The molecular weight excluding hydrogens is 370 g/mol. The molecule has 0 aliphatic carbocycles. The maximum atomic E-state index is 11.7. The second-order valence-corrected chi connectivity index (χ2v) is 8.53. The van der Waals surface area contributed by atoms with Gasteiger partial charge in [0.1, 0.15) is 12.2 Å². The van der Waals surface area contributed by atoms with Crippen LogP contribution < -0.4 is 4.74 Å². The first-order valence-corrected chi connectivity index (χ1v) is 11.1. The third kappa shape index (κ3) is 6.55. The number of rotatable bonds is 10. The van der Waals surface area contributed by atoms with Crippen LogP contribution in [0.25, 0.3) is 5.57 Å². The van der Waals surface area contributed by atoms with Gasteiger partial charge >= 0.3 is 5.30 Å². The summed E-state index contributed by atoms with van der Waals surface area (Å²) < 4.78 is 20.8. The lowest BCUT2D eigenvalue weighted by molar-refractivity contribution is -0.919. The van der Waals surface area contributed by atoms with E-state index in [4.69, 9.17) is 9.47 Å². The first-order valence-electron chi connectivity index (χ1n) is 9.36. The first-order chi connectivity index (χ1) is 12.6. The highest BCUT2D eigenvalue weighted by Gasteiger charge is 2.31. The van der Waals surface area contributed by atoms with Gasteiger partial charge in [0.05, 0.1) is 31.9 Å². The van der Waals surface area contributed by atoms with Gasteiger partial charge in [-0.1, -0.05) is 39.2 Å². The molecule has 1 aliphatic rings. The summed E-state index contributed by atoms with van der Waals surface area (Å²) in [7, 11) is 2.11. The van der Waals surface area contributed by atoms with E-state index in [9.17, 15) is 4.79 Å². The van der Waals surface area contributed by atoms with Crippen LogP contribution in [0.1, 0.15) is 51.6 Å². The summed E-state index contributed by atoms with van der Waals surface area (Å²) in [5.74, 6) is 1.38. The molecule has 0 saturated heterocycles. The minimum Gasteiger partial charge on any atom is -0.475 e. The SMILES string of the molecule is CCCCCCOc1nsnc1C1=CCC[N+](C)(COC(=O)SCC)C1. The number of carbonyl (C=O) groups is 1. The average Bonchev–Trinajstić information content (AvgIpc) is 3.09. The molecule has 146 valence electrons. The van der Waals surface area contributed by atoms with E-state index in [1.54, 1.807) is 0 Å². The van der Waals surface area contributed by atoms with Gasteiger partial charge in [-0.25, -0.2) is 4.79 Å². The molecule has 8 heteroatoms. The molecule has 26 heavy (non-hydrogen) atoms. The van der Waals surface area contributed by atoms with E-state index in [0.29, 0.717) is 23.7 Å². The topological polar surface area (TPSA) is 61.3 Å². The summed E-state index contributed by atoms with van der Waals surface area (Å²) in [5.41, 5.74) is 1.99. The van der Waals surface area contributed by atoms with Crippen LogP contribution in [0.2, 0.25) is 0 Å². The lowest BCUT2D eigenvalue weighted by atomic mass is 10.1. The molecule has 0 spiro atoms. The number of aromatic nitrogens is 2. The van der Waals surface area contributed by atoms with Crippen molar-refractivity contribution in [2.24, 2.45) is 0 Å². The fourth-order valence-corrected chi connectivity index (χ4v) is 3.83. The molecule has 0 bridgehead atoms. The molecule has 0 N–H and O–H groups in total. The standard InChI is InChI=1S/C18H30N3O3S2/c1-4-6-7-8-12-23-17-16(19-26-20-17)15-10-9-11-21(3,13-15)14-24-18(22)25-5-2/h10H,4-9,11-14H2,1-3H3/q+1. The summed E-state index contributed by atoms with van der Waals surface area (Å²) >= 11 is 2.40. The number of unbranched alkanes of at least 4 members (excludes halogenated alkanes) is 3. The number of hydrogen-bond donors (Lipinski definition) is 0. The molecule has 2 heterocycles. The Balaban J connectivity index is 1.91. The normalized spacial score (nSPS) is 19.9. The zero-order chi connectivity index (χ0) is 18.8. The van der Waals surface area contributed by atoms with Crippen LogP contribution in [0.15, 0.2) is 6.08 Å². The van der Waals surface area contributed by atoms with Crippen LogP contribution in [0, 0.1) is 0 Å². The zero-order valence-electron chi connectivity index (χ0n) is 16.0. The van der Waals surface area contributed by atoms with Crippen LogP contribution in [-0.2, 0) is 4.74 Å². The summed E-state index contributed by atoms with van der Waals surface area (Å²) in [4.78, 5) is 11.7. The second kappa shape index (κ2) is 10.9. The van der Waals surface area contributed by atoms with Gasteiger partial charge in [0.25, 0.3) is 5.88 Å². The molecule has 6 nitrogen and oxygen atoms in total. The zero-order valence-corrected chi connectivity index (χ0v) is 17.7. The van der Waals surface area contributed by atoms with E-state index >= 15 is 0 Å². The molecule has 2 rings (SSSR count). The molecule has 1 unspecified atom stereocenters. The van der Waals surface area contributed by atoms with Gasteiger partial charge in [-0.15, -0.1) is 4.37 Å². The highest BCUT2D eigenvalue weighted by atomic mass is 32.2. The Labute approximate surface area is 164 Å². The Morgan fingerprint density at radius 2 is 2.15 bits per heavy atom. The largest absolute Gasteiger partial charge is 0.475 e.